The quantitative estimate of drug-likeness (QED) is 0.858. The molecule has 15 heavy (non-hydrogen) atoms. The molecule has 1 heterocycles. The van der Waals surface area contributed by atoms with E-state index in [1.807, 2.05) is 6.07 Å². The van der Waals surface area contributed by atoms with Crippen LogP contribution in [-0.2, 0) is 6.54 Å². The Morgan fingerprint density at radius 3 is 2.67 bits per heavy atom. The summed E-state index contributed by atoms with van der Waals surface area (Å²) in [5.74, 6) is -0.928. The van der Waals surface area contributed by atoms with Crippen molar-refractivity contribution in [1.82, 2.24) is 4.90 Å². The molecule has 4 heteroatoms. The fourth-order valence-electron chi connectivity index (χ4n) is 1.66. The number of aromatic carboxylic acids is 1. The summed E-state index contributed by atoms with van der Waals surface area (Å²) in [5.41, 5.74) is 1.23. The molecule has 1 aliphatic rings. The second kappa shape index (κ2) is 4.21. The van der Waals surface area contributed by atoms with Crippen LogP contribution < -0.4 is 0 Å². The van der Waals surface area contributed by atoms with Crippen molar-refractivity contribution >= 4 is 17.6 Å². The number of likely N-dealkylation sites (tertiary alicyclic amines) is 1. The third-order valence-corrected chi connectivity index (χ3v) is 2.78. The van der Waals surface area contributed by atoms with Crippen LogP contribution in [0.2, 0.25) is 5.02 Å². The molecule has 0 saturated carbocycles. The number of halogens is 1. The number of carboxylic acid groups (broad SMARTS) is 1. The lowest BCUT2D eigenvalue weighted by atomic mass is 10.1. The predicted octanol–water partition coefficient (Wildman–Crippen LogP) is 2.24. The number of benzene rings is 1. The van der Waals surface area contributed by atoms with Crippen molar-refractivity contribution in [2.75, 3.05) is 13.1 Å². The van der Waals surface area contributed by atoms with Gasteiger partial charge >= 0.3 is 5.97 Å². The summed E-state index contributed by atoms with van der Waals surface area (Å²) in [7, 11) is 0. The van der Waals surface area contributed by atoms with Gasteiger partial charge in [-0.3, -0.25) is 4.90 Å². The van der Waals surface area contributed by atoms with Crippen molar-refractivity contribution in [3.8, 4) is 0 Å². The van der Waals surface area contributed by atoms with E-state index in [0.717, 1.165) is 25.2 Å². The first-order valence-electron chi connectivity index (χ1n) is 4.90. The minimum atomic E-state index is -0.928. The number of carboxylic acids is 1. The van der Waals surface area contributed by atoms with Gasteiger partial charge in [-0.1, -0.05) is 11.6 Å². The first kappa shape index (κ1) is 10.5. The van der Waals surface area contributed by atoms with Crippen LogP contribution in [0.4, 0.5) is 0 Å². The van der Waals surface area contributed by atoms with Crippen molar-refractivity contribution in [3.05, 3.63) is 34.3 Å². The maximum absolute atomic E-state index is 10.8. The van der Waals surface area contributed by atoms with E-state index in [1.54, 1.807) is 6.07 Å². The van der Waals surface area contributed by atoms with Crippen molar-refractivity contribution in [2.24, 2.45) is 0 Å². The van der Waals surface area contributed by atoms with Gasteiger partial charge in [0.15, 0.2) is 0 Å². The number of carbonyl (C=O) groups is 1. The van der Waals surface area contributed by atoms with Gasteiger partial charge < -0.3 is 5.11 Å². The number of hydrogen-bond donors (Lipinski definition) is 1. The minimum absolute atomic E-state index is 0.262. The van der Waals surface area contributed by atoms with E-state index in [4.69, 9.17) is 16.7 Å². The van der Waals surface area contributed by atoms with Crippen LogP contribution in [0.1, 0.15) is 22.3 Å². The van der Waals surface area contributed by atoms with Crippen molar-refractivity contribution < 1.29 is 9.90 Å². The fourth-order valence-corrected chi connectivity index (χ4v) is 1.92. The molecule has 0 unspecified atom stereocenters. The second-order valence-electron chi connectivity index (χ2n) is 3.78. The molecule has 0 aromatic heterocycles. The molecule has 0 aliphatic carbocycles. The second-order valence-corrected chi connectivity index (χ2v) is 4.22. The molecule has 80 valence electrons. The Hall–Kier alpha value is -1.06. The molecular formula is C11H12ClNO2. The van der Waals surface area contributed by atoms with Gasteiger partial charge in [-0.2, -0.15) is 0 Å². The highest BCUT2D eigenvalue weighted by Crippen LogP contribution is 2.18. The lowest BCUT2D eigenvalue weighted by Gasteiger charge is -2.30. The molecular weight excluding hydrogens is 214 g/mol. The summed E-state index contributed by atoms with van der Waals surface area (Å²) < 4.78 is 0. The average molecular weight is 226 g/mol. The first-order valence-corrected chi connectivity index (χ1v) is 5.28. The van der Waals surface area contributed by atoms with Crippen LogP contribution >= 0.6 is 11.6 Å². The summed E-state index contributed by atoms with van der Waals surface area (Å²) in [4.78, 5) is 13.1. The van der Waals surface area contributed by atoms with Crippen LogP contribution in [0, 0.1) is 0 Å². The Balaban J connectivity index is 2.18. The molecule has 1 aromatic rings. The maximum Gasteiger partial charge on any atom is 0.335 e. The van der Waals surface area contributed by atoms with Gasteiger partial charge in [-0.05, 0) is 43.3 Å². The van der Waals surface area contributed by atoms with Gasteiger partial charge in [0.1, 0.15) is 0 Å². The Morgan fingerprint density at radius 1 is 1.40 bits per heavy atom. The van der Waals surface area contributed by atoms with Crippen molar-refractivity contribution in [3.63, 3.8) is 0 Å². The zero-order chi connectivity index (χ0) is 10.8. The maximum atomic E-state index is 10.8. The Labute approximate surface area is 93.3 Å². The van der Waals surface area contributed by atoms with E-state index < -0.39 is 5.97 Å². The summed E-state index contributed by atoms with van der Waals surface area (Å²) in [6.07, 6.45) is 1.23. The zero-order valence-corrected chi connectivity index (χ0v) is 9.00. The highest BCUT2D eigenvalue weighted by molar-refractivity contribution is 6.31. The monoisotopic (exact) mass is 225 g/mol. The van der Waals surface area contributed by atoms with E-state index in [9.17, 15) is 4.79 Å². The average Bonchev–Trinajstić information content (AvgIpc) is 2.10. The SMILES string of the molecule is O=C(O)c1cc(Cl)cc(CN2CCC2)c1. The molecule has 1 saturated heterocycles. The molecule has 1 fully saturated rings. The summed E-state index contributed by atoms with van der Waals surface area (Å²) in [5, 5.41) is 9.36. The molecule has 0 bridgehead atoms. The third-order valence-electron chi connectivity index (χ3n) is 2.56. The zero-order valence-electron chi connectivity index (χ0n) is 8.24. The van der Waals surface area contributed by atoms with Gasteiger partial charge in [0, 0.05) is 11.6 Å². The molecule has 0 spiro atoms. The fraction of sp³-hybridized carbons (Fsp3) is 0.364. The molecule has 0 amide bonds. The highest BCUT2D eigenvalue weighted by Gasteiger charge is 2.15. The van der Waals surface area contributed by atoms with Crippen molar-refractivity contribution in [2.45, 2.75) is 13.0 Å². The molecule has 1 aromatic carbocycles. The lowest BCUT2D eigenvalue weighted by Crippen LogP contribution is -2.36. The van der Waals surface area contributed by atoms with Gasteiger partial charge in [0.25, 0.3) is 0 Å². The van der Waals surface area contributed by atoms with Gasteiger partial charge in [0.2, 0.25) is 0 Å². The topological polar surface area (TPSA) is 40.5 Å². The van der Waals surface area contributed by atoms with Crippen LogP contribution in [-0.4, -0.2) is 29.1 Å². The lowest BCUT2D eigenvalue weighted by molar-refractivity contribution is 0.0696. The summed E-state index contributed by atoms with van der Waals surface area (Å²) >= 11 is 5.86. The van der Waals surface area contributed by atoms with Crippen LogP contribution in [0.5, 0.6) is 0 Å². The van der Waals surface area contributed by atoms with Crippen LogP contribution in [0.3, 0.4) is 0 Å². The Morgan fingerprint density at radius 2 is 2.13 bits per heavy atom. The van der Waals surface area contributed by atoms with E-state index in [2.05, 4.69) is 4.90 Å². The smallest absolute Gasteiger partial charge is 0.335 e. The Kier molecular flexibility index (Phi) is 2.93. The van der Waals surface area contributed by atoms with E-state index in [1.165, 1.54) is 12.5 Å². The highest BCUT2D eigenvalue weighted by atomic mass is 35.5. The van der Waals surface area contributed by atoms with Gasteiger partial charge in [-0.15, -0.1) is 0 Å². The van der Waals surface area contributed by atoms with E-state index >= 15 is 0 Å². The number of nitrogens with zero attached hydrogens (tertiary/aromatic N) is 1. The molecule has 0 atom stereocenters. The summed E-state index contributed by atoms with van der Waals surface area (Å²) in [6.45, 7) is 2.98. The van der Waals surface area contributed by atoms with E-state index in [0.29, 0.717) is 5.02 Å². The minimum Gasteiger partial charge on any atom is -0.478 e. The van der Waals surface area contributed by atoms with E-state index in [-0.39, 0.29) is 5.56 Å². The van der Waals surface area contributed by atoms with Crippen LogP contribution in [0.15, 0.2) is 18.2 Å². The molecule has 2 rings (SSSR count). The third kappa shape index (κ3) is 2.49. The van der Waals surface area contributed by atoms with Gasteiger partial charge in [0.05, 0.1) is 5.56 Å². The normalized spacial score (nSPS) is 16.1. The molecule has 3 nitrogen and oxygen atoms in total. The largest absolute Gasteiger partial charge is 0.478 e. The summed E-state index contributed by atoms with van der Waals surface area (Å²) in [6, 6.07) is 4.99. The first-order chi connectivity index (χ1) is 7.15. The number of hydrogen-bond acceptors (Lipinski definition) is 2. The number of rotatable bonds is 3. The van der Waals surface area contributed by atoms with Crippen molar-refractivity contribution in [1.29, 1.82) is 0 Å². The molecule has 1 aliphatic heterocycles. The molecule has 0 radical (unpaired) electrons. The van der Waals surface area contributed by atoms with Crippen LogP contribution in [0.25, 0.3) is 0 Å². The standard InChI is InChI=1S/C11H12ClNO2/c12-10-5-8(7-13-2-1-3-13)4-9(6-10)11(14)15/h4-6H,1-3,7H2,(H,14,15). The van der Waals surface area contributed by atoms with Gasteiger partial charge in [-0.25, -0.2) is 4.79 Å². The Bertz CT molecular complexity index is 388. The molecule has 1 N–H and O–H groups in total. The predicted molar refractivity (Wildman–Crippen MR) is 58.3 cm³/mol.